The fourth-order valence-electron chi connectivity index (χ4n) is 3.65. The first-order chi connectivity index (χ1) is 16.0. The number of rotatable bonds is 10. The number of para-hydroxylation sites is 2. The minimum atomic E-state index is -0.157. The van der Waals surface area contributed by atoms with Gasteiger partial charge in [0.25, 0.3) is 0 Å². The number of aromatic amines is 1. The predicted molar refractivity (Wildman–Crippen MR) is 130 cm³/mol. The molecule has 8 heteroatoms. The van der Waals surface area contributed by atoms with Gasteiger partial charge in [-0.3, -0.25) is 4.79 Å². The van der Waals surface area contributed by atoms with E-state index in [1.54, 1.807) is 11.8 Å². The number of fused-ring (bicyclic) bond motifs is 1. The number of hydrogen-bond donors (Lipinski definition) is 2. The van der Waals surface area contributed by atoms with Crippen LogP contribution in [-0.2, 0) is 17.8 Å². The van der Waals surface area contributed by atoms with Gasteiger partial charge in [0.15, 0.2) is 0 Å². The van der Waals surface area contributed by atoms with E-state index in [2.05, 4.69) is 26.7 Å². The molecule has 0 aliphatic carbocycles. The second-order valence-electron chi connectivity index (χ2n) is 7.95. The number of thioether (sulfide) groups is 1. The average molecular weight is 465 g/mol. The Morgan fingerprint density at radius 2 is 1.97 bits per heavy atom. The number of imidazole rings is 1. The highest BCUT2D eigenvalue weighted by Crippen LogP contribution is 2.21. The Balaban J connectivity index is 1.36. The lowest BCUT2D eigenvalue weighted by Gasteiger charge is -2.16. The largest absolute Gasteiger partial charge is 0.489 e. The van der Waals surface area contributed by atoms with Crippen molar-refractivity contribution in [2.75, 3.05) is 12.0 Å². The molecule has 2 aromatic carbocycles. The number of aryl methyl sites for hydroxylation is 2. The van der Waals surface area contributed by atoms with Gasteiger partial charge in [0.2, 0.25) is 5.91 Å². The van der Waals surface area contributed by atoms with Crippen LogP contribution in [0.1, 0.15) is 40.9 Å². The molecule has 0 fully saturated rings. The summed E-state index contributed by atoms with van der Waals surface area (Å²) in [6.07, 6.45) is 3.16. The summed E-state index contributed by atoms with van der Waals surface area (Å²) < 4.78 is 11.0. The zero-order valence-electron chi connectivity index (χ0n) is 19.1. The molecule has 0 bridgehead atoms. The first-order valence-electron chi connectivity index (χ1n) is 10.9. The van der Waals surface area contributed by atoms with E-state index >= 15 is 0 Å². The fourth-order valence-corrected chi connectivity index (χ4v) is 4.12. The number of ether oxygens (including phenoxy) is 1. The summed E-state index contributed by atoms with van der Waals surface area (Å²) in [4.78, 5) is 20.8. The van der Waals surface area contributed by atoms with Gasteiger partial charge in [0.05, 0.1) is 34.8 Å². The van der Waals surface area contributed by atoms with Crippen LogP contribution in [0.4, 0.5) is 0 Å². The van der Waals surface area contributed by atoms with Gasteiger partial charge < -0.3 is 19.6 Å². The standard InChI is InChI=1S/C25H28N4O3S/c1-16-20(17(2)32-29-16)15-31-19-10-8-18(9-11-19)14-24(30)26-23(12-13-33-3)25-27-21-6-4-5-7-22(21)28-25/h4-11,23H,12-15H2,1-3H3,(H,26,30)(H,27,28)/t23-/m0/s1. The summed E-state index contributed by atoms with van der Waals surface area (Å²) in [6.45, 7) is 4.17. The molecule has 0 saturated carbocycles. The SMILES string of the molecule is CSCC[C@H](NC(=O)Cc1ccc(OCc2c(C)noc2C)cc1)c1nc2ccccc2[nH]1. The first kappa shape index (κ1) is 22.9. The zero-order valence-corrected chi connectivity index (χ0v) is 19.9. The lowest BCUT2D eigenvalue weighted by atomic mass is 10.1. The van der Waals surface area contributed by atoms with Crippen molar-refractivity contribution in [3.63, 3.8) is 0 Å². The van der Waals surface area contributed by atoms with Crippen LogP contribution in [0.15, 0.2) is 53.1 Å². The summed E-state index contributed by atoms with van der Waals surface area (Å²) in [6, 6.07) is 15.3. The molecule has 4 aromatic rings. The lowest BCUT2D eigenvalue weighted by Crippen LogP contribution is -2.31. The maximum Gasteiger partial charge on any atom is 0.225 e. The summed E-state index contributed by atoms with van der Waals surface area (Å²) in [5, 5.41) is 7.10. The maximum atomic E-state index is 12.8. The normalized spacial score (nSPS) is 12.1. The molecule has 0 unspecified atom stereocenters. The highest BCUT2D eigenvalue weighted by molar-refractivity contribution is 7.98. The van der Waals surface area contributed by atoms with E-state index < -0.39 is 0 Å². The van der Waals surface area contributed by atoms with Crippen LogP contribution < -0.4 is 10.1 Å². The van der Waals surface area contributed by atoms with E-state index in [0.717, 1.165) is 57.4 Å². The van der Waals surface area contributed by atoms with Crippen molar-refractivity contribution < 1.29 is 14.1 Å². The van der Waals surface area contributed by atoms with Crippen LogP contribution in [0.5, 0.6) is 5.75 Å². The van der Waals surface area contributed by atoms with Gasteiger partial charge in [-0.2, -0.15) is 11.8 Å². The van der Waals surface area contributed by atoms with Crippen LogP contribution in [0, 0.1) is 13.8 Å². The molecule has 0 aliphatic rings. The Morgan fingerprint density at radius 3 is 2.67 bits per heavy atom. The monoisotopic (exact) mass is 464 g/mol. The number of nitrogens with one attached hydrogen (secondary N) is 2. The molecule has 4 rings (SSSR count). The molecule has 1 amide bonds. The molecule has 1 atom stereocenters. The van der Waals surface area contributed by atoms with Crippen molar-refractivity contribution in [1.82, 2.24) is 20.4 Å². The zero-order chi connectivity index (χ0) is 23.2. The lowest BCUT2D eigenvalue weighted by molar-refractivity contribution is -0.121. The van der Waals surface area contributed by atoms with Gasteiger partial charge in [-0.15, -0.1) is 0 Å². The molecule has 33 heavy (non-hydrogen) atoms. The van der Waals surface area contributed by atoms with Gasteiger partial charge in [0.1, 0.15) is 23.9 Å². The van der Waals surface area contributed by atoms with Crippen LogP contribution >= 0.6 is 11.8 Å². The molecule has 2 heterocycles. The number of benzene rings is 2. The summed E-state index contributed by atoms with van der Waals surface area (Å²) >= 11 is 1.75. The highest BCUT2D eigenvalue weighted by Gasteiger charge is 2.18. The van der Waals surface area contributed by atoms with Crippen LogP contribution in [-0.4, -0.2) is 33.0 Å². The Labute approximate surface area is 197 Å². The molecule has 2 aromatic heterocycles. The van der Waals surface area contributed by atoms with E-state index in [1.165, 1.54) is 0 Å². The van der Waals surface area contributed by atoms with Crippen LogP contribution in [0.3, 0.4) is 0 Å². The molecule has 0 radical (unpaired) electrons. The first-order valence-corrected chi connectivity index (χ1v) is 12.3. The smallest absolute Gasteiger partial charge is 0.225 e. The Bertz CT molecular complexity index is 1160. The van der Waals surface area contributed by atoms with Crippen molar-refractivity contribution in [3.05, 3.63) is 76.9 Å². The van der Waals surface area contributed by atoms with Gasteiger partial charge in [0, 0.05) is 0 Å². The fraction of sp³-hybridized carbons (Fsp3) is 0.320. The minimum absolute atomic E-state index is 0.0362. The van der Waals surface area contributed by atoms with E-state index in [1.807, 2.05) is 62.4 Å². The predicted octanol–water partition coefficient (Wildman–Crippen LogP) is 4.90. The average Bonchev–Trinajstić information content (AvgIpc) is 3.39. The molecule has 7 nitrogen and oxygen atoms in total. The number of aromatic nitrogens is 3. The summed E-state index contributed by atoms with van der Waals surface area (Å²) in [5.41, 5.74) is 4.60. The second-order valence-corrected chi connectivity index (χ2v) is 8.94. The number of hydrogen-bond acceptors (Lipinski definition) is 6. The molecule has 0 aliphatic heterocycles. The molecular formula is C25H28N4O3S. The van der Waals surface area contributed by atoms with Crippen molar-refractivity contribution in [2.45, 2.75) is 39.3 Å². The quantitative estimate of drug-likeness (QED) is 0.347. The topological polar surface area (TPSA) is 93.0 Å². The van der Waals surface area contributed by atoms with Crippen molar-refractivity contribution in [2.24, 2.45) is 0 Å². The van der Waals surface area contributed by atoms with Gasteiger partial charge in [-0.25, -0.2) is 4.98 Å². The Hall–Kier alpha value is -3.26. The van der Waals surface area contributed by atoms with Gasteiger partial charge in [-0.05, 0) is 62.1 Å². The third kappa shape index (κ3) is 5.76. The van der Waals surface area contributed by atoms with Crippen LogP contribution in [0.2, 0.25) is 0 Å². The number of carbonyl (C=O) groups excluding carboxylic acids is 1. The molecule has 0 saturated heterocycles. The highest BCUT2D eigenvalue weighted by atomic mass is 32.2. The molecule has 0 spiro atoms. The van der Waals surface area contributed by atoms with E-state index in [9.17, 15) is 4.79 Å². The Kier molecular flexibility index (Phi) is 7.34. The maximum absolute atomic E-state index is 12.8. The van der Waals surface area contributed by atoms with Crippen molar-refractivity contribution in [3.8, 4) is 5.75 Å². The van der Waals surface area contributed by atoms with E-state index in [-0.39, 0.29) is 11.9 Å². The van der Waals surface area contributed by atoms with E-state index in [4.69, 9.17) is 9.26 Å². The number of amides is 1. The van der Waals surface area contributed by atoms with Crippen LogP contribution in [0.25, 0.3) is 11.0 Å². The minimum Gasteiger partial charge on any atom is -0.489 e. The van der Waals surface area contributed by atoms with Gasteiger partial charge in [-0.1, -0.05) is 29.4 Å². The van der Waals surface area contributed by atoms with Gasteiger partial charge >= 0.3 is 0 Å². The molecule has 2 N–H and O–H groups in total. The second kappa shape index (κ2) is 10.6. The summed E-state index contributed by atoms with van der Waals surface area (Å²) in [5.74, 6) is 3.19. The number of H-pyrrole nitrogens is 1. The Morgan fingerprint density at radius 1 is 1.18 bits per heavy atom. The summed E-state index contributed by atoms with van der Waals surface area (Å²) in [7, 11) is 0. The number of nitrogens with zero attached hydrogens (tertiary/aromatic N) is 2. The van der Waals surface area contributed by atoms with Crippen molar-refractivity contribution in [1.29, 1.82) is 0 Å². The third-order valence-electron chi connectivity index (χ3n) is 5.54. The third-order valence-corrected chi connectivity index (χ3v) is 6.18. The molecule has 172 valence electrons. The molecular weight excluding hydrogens is 436 g/mol. The van der Waals surface area contributed by atoms with E-state index in [0.29, 0.717) is 13.0 Å². The van der Waals surface area contributed by atoms with Crippen molar-refractivity contribution >= 4 is 28.7 Å². The number of carbonyl (C=O) groups is 1.